The van der Waals surface area contributed by atoms with Gasteiger partial charge >= 0.3 is 0 Å². The van der Waals surface area contributed by atoms with Crippen molar-refractivity contribution in [3.63, 3.8) is 0 Å². The van der Waals surface area contributed by atoms with E-state index in [9.17, 15) is 4.79 Å². The Morgan fingerprint density at radius 2 is 2.12 bits per heavy atom. The highest BCUT2D eigenvalue weighted by Crippen LogP contribution is 2.18. The Morgan fingerprint density at radius 3 is 2.71 bits per heavy atom. The first-order valence-corrected chi connectivity index (χ1v) is 5.87. The van der Waals surface area contributed by atoms with Crippen molar-refractivity contribution in [1.29, 1.82) is 0 Å². The molecule has 0 aliphatic rings. The van der Waals surface area contributed by atoms with Gasteiger partial charge in [0.2, 0.25) is 5.91 Å². The van der Waals surface area contributed by atoms with Gasteiger partial charge in [0.25, 0.3) is 0 Å². The number of anilines is 1. The number of benzene rings is 1. The number of para-hydroxylation sites is 1. The lowest BCUT2D eigenvalue weighted by Crippen LogP contribution is -2.38. The first-order chi connectivity index (χ1) is 8.19. The van der Waals surface area contributed by atoms with Crippen LogP contribution in [0.25, 0.3) is 0 Å². The van der Waals surface area contributed by atoms with E-state index >= 15 is 0 Å². The van der Waals surface area contributed by atoms with Gasteiger partial charge in [-0.1, -0.05) is 18.2 Å². The summed E-state index contributed by atoms with van der Waals surface area (Å²) < 4.78 is 0. The zero-order valence-electron chi connectivity index (χ0n) is 10.4. The highest BCUT2D eigenvalue weighted by Gasteiger charge is 2.10. The van der Waals surface area contributed by atoms with Gasteiger partial charge in [-0.15, -0.1) is 0 Å². The van der Waals surface area contributed by atoms with Gasteiger partial charge in [-0.3, -0.25) is 4.79 Å². The van der Waals surface area contributed by atoms with Crippen molar-refractivity contribution in [3.8, 4) is 0 Å². The van der Waals surface area contributed by atoms with E-state index in [4.69, 9.17) is 5.11 Å². The van der Waals surface area contributed by atoms with Crippen LogP contribution < -0.4 is 10.2 Å². The number of carbonyl (C=O) groups excluding carboxylic acids is 1. The summed E-state index contributed by atoms with van der Waals surface area (Å²) in [7, 11) is 0. The summed E-state index contributed by atoms with van der Waals surface area (Å²) in [6, 6.07) is 8.00. The minimum atomic E-state index is -0.0656. The second-order valence-electron chi connectivity index (χ2n) is 3.87. The van der Waals surface area contributed by atoms with E-state index in [2.05, 4.69) is 5.32 Å². The number of hydrogen-bond acceptors (Lipinski definition) is 3. The minimum Gasteiger partial charge on any atom is -0.395 e. The van der Waals surface area contributed by atoms with Crippen LogP contribution in [0.2, 0.25) is 0 Å². The molecule has 0 bridgehead atoms. The zero-order valence-corrected chi connectivity index (χ0v) is 10.4. The normalized spacial score (nSPS) is 10.1. The van der Waals surface area contributed by atoms with E-state index in [1.807, 2.05) is 43.0 Å². The SMILES string of the molecule is CCN(CC(=O)NCCO)c1ccccc1C. The first-order valence-electron chi connectivity index (χ1n) is 5.87. The van der Waals surface area contributed by atoms with Crippen LogP contribution in [0.1, 0.15) is 12.5 Å². The number of nitrogens with one attached hydrogen (secondary N) is 1. The lowest BCUT2D eigenvalue weighted by atomic mass is 10.2. The average Bonchev–Trinajstić information content (AvgIpc) is 2.34. The fourth-order valence-electron chi connectivity index (χ4n) is 1.71. The van der Waals surface area contributed by atoms with Gasteiger partial charge < -0.3 is 15.3 Å². The summed E-state index contributed by atoms with van der Waals surface area (Å²) in [6.45, 7) is 5.43. The minimum absolute atomic E-state index is 0.0256. The standard InChI is InChI=1S/C13H20N2O2/c1-3-15(10-13(17)14-8-9-16)12-7-5-4-6-11(12)2/h4-7,16H,3,8-10H2,1-2H3,(H,14,17). The number of aliphatic hydroxyl groups is 1. The maximum Gasteiger partial charge on any atom is 0.239 e. The van der Waals surface area contributed by atoms with Crippen molar-refractivity contribution in [2.75, 3.05) is 31.1 Å². The Labute approximate surface area is 102 Å². The molecule has 0 aliphatic heterocycles. The quantitative estimate of drug-likeness (QED) is 0.772. The molecule has 0 aromatic heterocycles. The molecule has 0 heterocycles. The van der Waals surface area contributed by atoms with Gasteiger partial charge in [0.1, 0.15) is 0 Å². The van der Waals surface area contributed by atoms with Gasteiger partial charge in [-0.25, -0.2) is 0 Å². The van der Waals surface area contributed by atoms with Crippen LogP contribution in [0.3, 0.4) is 0 Å². The molecule has 1 aromatic carbocycles. The molecule has 0 spiro atoms. The van der Waals surface area contributed by atoms with Crippen molar-refractivity contribution < 1.29 is 9.90 Å². The van der Waals surface area contributed by atoms with E-state index in [0.717, 1.165) is 17.8 Å². The van der Waals surface area contributed by atoms with E-state index in [-0.39, 0.29) is 12.5 Å². The number of carbonyl (C=O) groups is 1. The highest BCUT2D eigenvalue weighted by atomic mass is 16.3. The predicted octanol–water partition coefficient (Wildman–Crippen LogP) is 0.930. The Morgan fingerprint density at radius 1 is 1.41 bits per heavy atom. The molecule has 0 aliphatic carbocycles. The lowest BCUT2D eigenvalue weighted by Gasteiger charge is -2.24. The van der Waals surface area contributed by atoms with Crippen LogP contribution in [0.5, 0.6) is 0 Å². The summed E-state index contributed by atoms with van der Waals surface area (Å²) in [5.74, 6) is -0.0656. The maximum absolute atomic E-state index is 11.6. The molecule has 0 saturated carbocycles. The number of hydrogen-bond donors (Lipinski definition) is 2. The van der Waals surface area contributed by atoms with E-state index in [1.54, 1.807) is 0 Å². The molecule has 2 N–H and O–H groups in total. The van der Waals surface area contributed by atoms with Crippen molar-refractivity contribution in [1.82, 2.24) is 5.32 Å². The molecule has 4 heteroatoms. The maximum atomic E-state index is 11.6. The molecule has 0 atom stereocenters. The largest absolute Gasteiger partial charge is 0.395 e. The highest BCUT2D eigenvalue weighted by molar-refractivity contribution is 5.81. The Hall–Kier alpha value is -1.55. The van der Waals surface area contributed by atoms with Crippen molar-refractivity contribution in [2.45, 2.75) is 13.8 Å². The van der Waals surface area contributed by atoms with Gasteiger partial charge in [0.05, 0.1) is 13.2 Å². The smallest absolute Gasteiger partial charge is 0.239 e. The Balaban J connectivity index is 2.66. The van der Waals surface area contributed by atoms with Gasteiger partial charge in [0, 0.05) is 18.8 Å². The molecule has 94 valence electrons. The number of rotatable bonds is 6. The second kappa shape index (κ2) is 6.91. The third-order valence-corrected chi connectivity index (χ3v) is 2.61. The van der Waals surface area contributed by atoms with Crippen LogP contribution in [0.4, 0.5) is 5.69 Å². The van der Waals surface area contributed by atoms with E-state index < -0.39 is 0 Å². The molecular formula is C13H20N2O2. The Bertz CT molecular complexity index is 366. The van der Waals surface area contributed by atoms with Crippen LogP contribution in [0.15, 0.2) is 24.3 Å². The Kier molecular flexibility index (Phi) is 5.49. The van der Waals surface area contributed by atoms with E-state index in [0.29, 0.717) is 13.1 Å². The molecule has 17 heavy (non-hydrogen) atoms. The lowest BCUT2D eigenvalue weighted by molar-refractivity contribution is -0.119. The summed E-state index contributed by atoms with van der Waals surface area (Å²) in [5, 5.41) is 11.3. The molecule has 0 fully saturated rings. The molecular weight excluding hydrogens is 216 g/mol. The van der Waals surface area contributed by atoms with Crippen LogP contribution in [-0.4, -0.2) is 37.3 Å². The number of nitrogens with zero attached hydrogens (tertiary/aromatic N) is 1. The van der Waals surface area contributed by atoms with Gasteiger partial charge in [0.15, 0.2) is 0 Å². The summed E-state index contributed by atoms with van der Waals surface area (Å²) in [5.41, 5.74) is 2.23. The first kappa shape index (κ1) is 13.5. The van der Waals surface area contributed by atoms with Crippen LogP contribution in [-0.2, 0) is 4.79 Å². The average molecular weight is 236 g/mol. The van der Waals surface area contributed by atoms with Gasteiger partial charge in [-0.05, 0) is 25.5 Å². The summed E-state index contributed by atoms with van der Waals surface area (Å²) in [6.07, 6.45) is 0. The molecule has 0 radical (unpaired) electrons. The summed E-state index contributed by atoms with van der Waals surface area (Å²) >= 11 is 0. The van der Waals surface area contributed by atoms with Crippen molar-refractivity contribution in [3.05, 3.63) is 29.8 Å². The van der Waals surface area contributed by atoms with E-state index in [1.165, 1.54) is 0 Å². The predicted molar refractivity (Wildman–Crippen MR) is 69.2 cm³/mol. The molecule has 0 saturated heterocycles. The topological polar surface area (TPSA) is 52.6 Å². The van der Waals surface area contributed by atoms with Crippen LogP contribution in [0, 0.1) is 6.92 Å². The third-order valence-electron chi connectivity index (χ3n) is 2.61. The molecule has 4 nitrogen and oxygen atoms in total. The van der Waals surface area contributed by atoms with Crippen molar-refractivity contribution in [2.24, 2.45) is 0 Å². The monoisotopic (exact) mass is 236 g/mol. The fraction of sp³-hybridized carbons (Fsp3) is 0.462. The molecule has 1 rings (SSSR count). The van der Waals surface area contributed by atoms with Gasteiger partial charge in [-0.2, -0.15) is 0 Å². The number of aryl methyl sites for hydroxylation is 1. The third kappa shape index (κ3) is 4.07. The number of aliphatic hydroxyl groups excluding tert-OH is 1. The second-order valence-corrected chi connectivity index (χ2v) is 3.87. The zero-order chi connectivity index (χ0) is 12.7. The number of likely N-dealkylation sites (N-methyl/N-ethyl adjacent to an activating group) is 1. The molecule has 0 unspecified atom stereocenters. The van der Waals surface area contributed by atoms with Crippen LogP contribution >= 0.6 is 0 Å². The molecule has 1 aromatic rings. The molecule has 1 amide bonds. The fourth-order valence-corrected chi connectivity index (χ4v) is 1.71. The summed E-state index contributed by atoms with van der Waals surface area (Å²) in [4.78, 5) is 13.6. The number of amides is 1. The van der Waals surface area contributed by atoms with Crippen molar-refractivity contribution >= 4 is 11.6 Å².